The summed E-state index contributed by atoms with van der Waals surface area (Å²) in [6, 6.07) is 21.5. The van der Waals surface area contributed by atoms with Gasteiger partial charge in [0.05, 0.1) is 18.6 Å². The number of fused-ring (bicyclic) bond motifs is 6. The summed E-state index contributed by atoms with van der Waals surface area (Å²) in [7, 11) is 0. The van der Waals surface area contributed by atoms with Crippen molar-refractivity contribution in [3.8, 4) is 0 Å². The minimum absolute atomic E-state index is 0.229. The Labute approximate surface area is 354 Å². The summed E-state index contributed by atoms with van der Waals surface area (Å²) in [4.78, 5) is 37.8. The standard InChI is InChI=1S/C25H31N3O2.C25H29N3O2/c2*1-17-6-9-22-20(14-17)21-16-27(24(29)30-25(3,4)5)12-11-23(21)28(22)13-10-19-8-7-18(2)26-15-19/h6-9,14-15H,10-13,16H2,1-5H3;6-10,13-15H,11-12,16H2,1-5H3. The van der Waals surface area contributed by atoms with E-state index in [0.29, 0.717) is 26.2 Å². The van der Waals surface area contributed by atoms with Gasteiger partial charge in [0.15, 0.2) is 0 Å². The van der Waals surface area contributed by atoms with E-state index in [2.05, 4.69) is 99.8 Å². The van der Waals surface area contributed by atoms with Crippen LogP contribution in [0.4, 0.5) is 9.59 Å². The number of hydrogen-bond acceptors (Lipinski definition) is 6. The van der Waals surface area contributed by atoms with E-state index in [0.717, 1.165) is 48.3 Å². The molecule has 0 saturated heterocycles. The molecule has 0 fully saturated rings. The Kier molecular flexibility index (Phi) is 12.0. The van der Waals surface area contributed by atoms with Crippen molar-refractivity contribution < 1.29 is 19.1 Å². The van der Waals surface area contributed by atoms with Gasteiger partial charge in [0, 0.05) is 101 Å². The summed E-state index contributed by atoms with van der Waals surface area (Å²) in [5, 5.41) is 2.45. The number of carbonyl (C=O) groups excluding carboxylic acids is 2. The Balaban J connectivity index is 0.000000181. The molecule has 2 aliphatic heterocycles. The fourth-order valence-corrected chi connectivity index (χ4v) is 8.09. The normalized spacial score (nSPS) is 14.2. The van der Waals surface area contributed by atoms with Gasteiger partial charge in [0.1, 0.15) is 11.2 Å². The number of ether oxygens (including phenoxy) is 2. The number of carbonyl (C=O) groups is 2. The van der Waals surface area contributed by atoms with Crippen LogP contribution >= 0.6 is 0 Å². The second kappa shape index (κ2) is 17.0. The predicted octanol–water partition coefficient (Wildman–Crippen LogP) is 10.8. The molecule has 0 saturated carbocycles. The summed E-state index contributed by atoms with van der Waals surface area (Å²) in [5.41, 5.74) is 13.3. The number of amides is 2. The van der Waals surface area contributed by atoms with E-state index in [1.807, 2.05) is 83.6 Å². The minimum Gasteiger partial charge on any atom is -0.444 e. The molecule has 2 aromatic carbocycles. The van der Waals surface area contributed by atoms with E-state index >= 15 is 0 Å². The fraction of sp³-hybridized carbons (Fsp3) is 0.400. The van der Waals surface area contributed by atoms with Gasteiger partial charge in [-0.15, -0.1) is 0 Å². The third-order valence-electron chi connectivity index (χ3n) is 11.0. The summed E-state index contributed by atoms with van der Waals surface area (Å²) >= 11 is 0. The van der Waals surface area contributed by atoms with Gasteiger partial charge in [-0.1, -0.05) is 35.4 Å². The second-order valence-electron chi connectivity index (χ2n) is 18.3. The van der Waals surface area contributed by atoms with E-state index < -0.39 is 11.2 Å². The number of pyridine rings is 2. The van der Waals surface area contributed by atoms with Crippen molar-refractivity contribution in [2.75, 3.05) is 13.1 Å². The van der Waals surface area contributed by atoms with Gasteiger partial charge in [-0.3, -0.25) is 9.97 Å². The quantitative estimate of drug-likeness (QED) is 0.172. The summed E-state index contributed by atoms with van der Waals surface area (Å²) < 4.78 is 15.9. The number of benzene rings is 2. The lowest BCUT2D eigenvalue weighted by Gasteiger charge is -2.30. The highest BCUT2D eigenvalue weighted by Gasteiger charge is 2.31. The van der Waals surface area contributed by atoms with Crippen molar-refractivity contribution in [1.29, 1.82) is 0 Å². The number of hydrogen-bond donors (Lipinski definition) is 0. The van der Waals surface area contributed by atoms with E-state index in [4.69, 9.17) is 9.47 Å². The molecule has 10 heteroatoms. The highest BCUT2D eigenvalue weighted by atomic mass is 16.6. The molecule has 8 rings (SSSR count). The van der Waals surface area contributed by atoms with Crippen LogP contribution in [-0.2, 0) is 48.4 Å². The first-order valence-corrected chi connectivity index (χ1v) is 21.1. The molecule has 2 amide bonds. The van der Waals surface area contributed by atoms with Crippen LogP contribution in [0, 0.1) is 27.7 Å². The largest absolute Gasteiger partial charge is 0.444 e. The molecule has 314 valence electrons. The third kappa shape index (κ3) is 9.75. The molecule has 10 nitrogen and oxygen atoms in total. The van der Waals surface area contributed by atoms with Gasteiger partial charge < -0.3 is 28.4 Å². The number of rotatable bonds is 5. The van der Waals surface area contributed by atoms with Crippen LogP contribution in [0.3, 0.4) is 0 Å². The SMILES string of the molecule is Cc1ccc2c(c1)c1c(n2C=Cc2ccc(C)nc2)CCN(C(=O)OC(C)(C)C)C1.Cc1ccc2c(c1)c1c(n2CCc2ccc(C)nc2)CCN(C(=O)OC(C)(C)C)C1. The van der Waals surface area contributed by atoms with Crippen LogP contribution in [0.25, 0.3) is 34.1 Å². The fourth-order valence-electron chi connectivity index (χ4n) is 8.09. The molecular weight excluding hydrogens is 749 g/mol. The Morgan fingerprint density at radius 2 is 1.20 bits per heavy atom. The van der Waals surface area contributed by atoms with Crippen molar-refractivity contribution in [2.45, 2.75) is 119 Å². The first-order chi connectivity index (χ1) is 28.4. The molecule has 0 bridgehead atoms. The maximum atomic E-state index is 12.7. The average Bonchev–Trinajstić information content (AvgIpc) is 3.66. The van der Waals surface area contributed by atoms with E-state index in [-0.39, 0.29) is 12.2 Å². The molecule has 4 aromatic heterocycles. The van der Waals surface area contributed by atoms with Gasteiger partial charge in [-0.05, 0) is 129 Å². The van der Waals surface area contributed by atoms with Crippen LogP contribution in [0.2, 0.25) is 0 Å². The van der Waals surface area contributed by atoms with Crippen LogP contribution in [0.15, 0.2) is 73.1 Å². The predicted molar refractivity (Wildman–Crippen MR) is 241 cm³/mol. The van der Waals surface area contributed by atoms with Gasteiger partial charge in [-0.25, -0.2) is 9.59 Å². The zero-order valence-electron chi connectivity index (χ0n) is 37.1. The number of nitrogens with zero attached hydrogens (tertiary/aromatic N) is 6. The van der Waals surface area contributed by atoms with Gasteiger partial charge in [-0.2, -0.15) is 0 Å². The zero-order valence-corrected chi connectivity index (χ0v) is 37.1. The number of aryl methyl sites for hydroxylation is 6. The van der Waals surface area contributed by atoms with Crippen LogP contribution < -0.4 is 0 Å². The Bertz CT molecular complexity index is 2550. The third-order valence-corrected chi connectivity index (χ3v) is 11.0. The first kappa shape index (κ1) is 42.2. The lowest BCUT2D eigenvalue weighted by Crippen LogP contribution is -2.40. The molecule has 0 atom stereocenters. The molecule has 6 aromatic rings. The highest BCUT2D eigenvalue weighted by molar-refractivity contribution is 5.90. The monoisotopic (exact) mass is 808 g/mol. The summed E-state index contributed by atoms with van der Waals surface area (Å²) in [5.74, 6) is 0. The van der Waals surface area contributed by atoms with Crippen molar-refractivity contribution in [3.63, 3.8) is 0 Å². The molecule has 6 heterocycles. The van der Waals surface area contributed by atoms with Crippen molar-refractivity contribution in [1.82, 2.24) is 28.9 Å². The minimum atomic E-state index is -0.493. The van der Waals surface area contributed by atoms with Crippen molar-refractivity contribution >= 4 is 46.3 Å². The van der Waals surface area contributed by atoms with Gasteiger partial charge in [0.2, 0.25) is 0 Å². The molecule has 0 radical (unpaired) electrons. The first-order valence-electron chi connectivity index (χ1n) is 21.1. The number of aromatic nitrogens is 4. The lowest BCUT2D eigenvalue weighted by atomic mass is 10.0. The molecular formula is C50H60N6O4. The summed E-state index contributed by atoms with van der Waals surface area (Å²) in [6.07, 6.45) is 10.2. The summed E-state index contributed by atoms with van der Waals surface area (Å²) in [6.45, 7) is 23.1. The maximum absolute atomic E-state index is 12.7. The molecule has 60 heavy (non-hydrogen) atoms. The molecule has 0 spiro atoms. The highest BCUT2D eigenvalue weighted by Crippen LogP contribution is 2.34. The van der Waals surface area contributed by atoms with E-state index in [1.165, 1.54) is 55.5 Å². The van der Waals surface area contributed by atoms with Crippen LogP contribution in [0.5, 0.6) is 0 Å². The Morgan fingerprint density at radius 1 is 0.667 bits per heavy atom. The van der Waals surface area contributed by atoms with Gasteiger partial charge in [0.25, 0.3) is 0 Å². The van der Waals surface area contributed by atoms with Crippen molar-refractivity contribution in [3.05, 3.63) is 129 Å². The maximum Gasteiger partial charge on any atom is 0.410 e. The van der Waals surface area contributed by atoms with Crippen LogP contribution in [-0.4, -0.2) is 65.4 Å². The Morgan fingerprint density at radius 3 is 1.75 bits per heavy atom. The average molecular weight is 809 g/mol. The van der Waals surface area contributed by atoms with E-state index in [9.17, 15) is 9.59 Å². The topological polar surface area (TPSA) is 94.7 Å². The molecule has 0 unspecified atom stereocenters. The lowest BCUT2D eigenvalue weighted by molar-refractivity contribution is 0.0213. The molecule has 2 aliphatic rings. The molecule has 0 aliphatic carbocycles. The van der Waals surface area contributed by atoms with Crippen molar-refractivity contribution in [2.24, 2.45) is 0 Å². The molecule has 0 N–H and O–H groups in total. The smallest absolute Gasteiger partial charge is 0.410 e. The zero-order chi connectivity index (χ0) is 42.9. The Hall–Kier alpha value is -5.90. The van der Waals surface area contributed by atoms with Crippen LogP contribution in [0.1, 0.15) is 97.7 Å². The van der Waals surface area contributed by atoms with Gasteiger partial charge >= 0.3 is 12.2 Å². The second-order valence-corrected chi connectivity index (χ2v) is 18.3. The van der Waals surface area contributed by atoms with E-state index in [1.54, 1.807) is 0 Å².